The zero-order valence-corrected chi connectivity index (χ0v) is 7.14. The molecule has 2 rings (SSSR count). The Labute approximate surface area is 64.0 Å². The minimum Gasteiger partial charge on any atom is -0.0651 e. The Hall–Kier alpha value is 0. The Kier molecular flexibility index (Phi) is 1.51. The van der Waals surface area contributed by atoms with Gasteiger partial charge in [0.1, 0.15) is 0 Å². The van der Waals surface area contributed by atoms with Crippen molar-refractivity contribution < 1.29 is 0 Å². The van der Waals surface area contributed by atoms with Crippen molar-refractivity contribution in [1.29, 1.82) is 0 Å². The van der Waals surface area contributed by atoms with Crippen molar-refractivity contribution in [3.63, 3.8) is 0 Å². The summed E-state index contributed by atoms with van der Waals surface area (Å²) in [5, 5.41) is 0. The summed E-state index contributed by atoms with van der Waals surface area (Å²) in [5.74, 6) is 4.49. The highest BCUT2D eigenvalue weighted by Crippen LogP contribution is 2.56. The van der Waals surface area contributed by atoms with E-state index in [2.05, 4.69) is 13.8 Å². The van der Waals surface area contributed by atoms with Gasteiger partial charge < -0.3 is 0 Å². The molecule has 0 aliphatic heterocycles. The second-order valence-corrected chi connectivity index (χ2v) is 4.27. The molecule has 4 atom stereocenters. The zero-order chi connectivity index (χ0) is 7.14. The number of hydrogen-bond donors (Lipinski definition) is 0. The van der Waals surface area contributed by atoms with E-state index in [-0.39, 0.29) is 0 Å². The molecule has 0 heteroatoms. The lowest BCUT2D eigenvalue weighted by Gasteiger charge is -2.18. The first kappa shape index (κ1) is 6.69. The third-order valence-corrected chi connectivity index (χ3v) is 3.85. The van der Waals surface area contributed by atoms with E-state index >= 15 is 0 Å². The van der Waals surface area contributed by atoms with Crippen LogP contribution in [0.25, 0.3) is 0 Å². The van der Waals surface area contributed by atoms with Crippen molar-refractivity contribution in [3.05, 3.63) is 0 Å². The molecule has 0 saturated heterocycles. The largest absolute Gasteiger partial charge is 0.0651 e. The molecule has 0 radical (unpaired) electrons. The van der Waals surface area contributed by atoms with Crippen LogP contribution < -0.4 is 0 Å². The number of fused-ring (bicyclic) bond motifs is 1. The first-order valence-electron chi connectivity index (χ1n) is 4.83. The molecule has 4 unspecified atom stereocenters. The van der Waals surface area contributed by atoms with Crippen LogP contribution in [0.2, 0.25) is 0 Å². The molecule has 2 aliphatic carbocycles. The van der Waals surface area contributed by atoms with Gasteiger partial charge in [-0.25, -0.2) is 0 Å². The van der Waals surface area contributed by atoms with Gasteiger partial charge in [-0.1, -0.05) is 26.7 Å². The number of rotatable bonds is 1. The summed E-state index contributed by atoms with van der Waals surface area (Å²) in [7, 11) is 0. The maximum Gasteiger partial charge on any atom is -0.0352 e. The van der Waals surface area contributed by atoms with Crippen LogP contribution in [0, 0.1) is 23.7 Å². The Morgan fingerprint density at radius 1 is 1.20 bits per heavy atom. The van der Waals surface area contributed by atoms with Crippen LogP contribution in [0.4, 0.5) is 0 Å². The van der Waals surface area contributed by atoms with Crippen LogP contribution in [0.1, 0.15) is 39.5 Å². The normalized spacial score (nSPS) is 52.2. The summed E-state index contributed by atoms with van der Waals surface area (Å²) in [6.07, 6.45) is 6.06. The lowest BCUT2D eigenvalue weighted by molar-refractivity contribution is 0.335. The van der Waals surface area contributed by atoms with Crippen molar-refractivity contribution in [2.45, 2.75) is 39.5 Å². The molecule has 10 heavy (non-hydrogen) atoms. The molecule has 0 spiro atoms. The minimum atomic E-state index is 1.09. The minimum absolute atomic E-state index is 1.09. The zero-order valence-electron chi connectivity index (χ0n) is 7.14. The van der Waals surface area contributed by atoms with Crippen molar-refractivity contribution >= 4 is 0 Å². The second kappa shape index (κ2) is 2.25. The van der Waals surface area contributed by atoms with E-state index in [1.807, 2.05) is 0 Å². The third kappa shape index (κ3) is 0.889. The van der Waals surface area contributed by atoms with Gasteiger partial charge in [0, 0.05) is 0 Å². The highest BCUT2D eigenvalue weighted by Gasteiger charge is 2.48. The van der Waals surface area contributed by atoms with Gasteiger partial charge in [0.2, 0.25) is 0 Å². The third-order valence-electron chi connectivity index (χ3n) is 3.85. The van der Waals surface area contributed by atoms with Gasteiger partial charge in [-0.3, -0.25) is 0 Å². The Morgan fingerprint density at radius 2 is 2.00 bits per heavy atom. The molecule has 0 amide bonds. The molecule has 2 saturated carbocycles. The first-order valence-corrected chi connectivity index (χ1v) is 4.83. The molecular weight excluding hydrogens is 120 g/mol. The van der Waals surface area contributed by atoms with E-state index in [0.717, 1.165) is 23.7 Å². The predicted molar refractivity (Wildman–Crippen MR) is 43.8 cm³/mol. The lowest BCUT2D eigenvalue weighted by atomic mass is 9.88. The van der Waals surface area contributed by atoms with Gasteiger partial charge in [0.05, 0.1) is 0 Å². The summed E-state index contributed by atoms with van der Waals surface area (Å²) < 4.78 is 0. The van der Waals surface area contributed by atoms with Crippen molar-refractivity contribution in [1.82, 2.24) is 0 Å². The van der Waals surface area contributed by atoms with Gasteiger partial charge in [0.25, 0.3) is 0 Å². The quantitative estimate of drug-likeness (QED) is 0.522. The second-order valence-electron chi connectivity index (χ2n) is 4.27. The van der Waals surface area contributed by atoms with Gasteiger partial charge in [-0.2, -0.15) is 0 Å². The molecule has 58 valence electrons. The first-order chi connectivity index (χ1) is 4.83. The summed E-state index contributed by atoms with van der Waals surface area (Å²) >= 11 is 0. The van der Waals surface area contributed by atoms with Crippen LogP contribution in [-0.2, 0) is 0 Å². The van der Waals surface area contributed by atoms with Crippen LogP contribution in [0.3, 0.4) is 0 Å². The van der Waals surface area contributed by atoms with Crippen LogP contribution in [-0.4, -0.2) is 0 Å². The standard InChI is InChI=1S/C10H18/c1-3-8-4-5-9-7(2)10(9)6-8/h7-10H,3-6H2,1-2H3. The maximum atomic E-state index is 2.44. The van der Waals surface area contributed by atoms with E-state index in [9.17, 15) is 0 Å². The van der Waals surface area contributed by atoms with E-state index < -0.39 is 0 Å². The molecule has 0 aromatic rings. The molecule has 0 aromatic carbocycles. The lowest BCUT2D eigenvalue weighted by Crippen LogP contribution is -2.06. The van der Waals surface area contributed by atoms with E-state index in [1.54, 1.807) is 12.8 Å². The van der Waals surface area contributed by atoms with Gasteiger partial charge in [0.15, 0.2) is 0 Å². The fourth-order valence-corrected chi connectivity index (χ4v) is 2.80. The highest BCUT2D eigenvalue weighted by atomic mass is 14.5. The van der Waals surface area contributed by atoms with Crippen molar-refractivity contribution in [3.8, 4) is 0 Å². The van der Waals surface area contributed by atoms with Gasteiger partial charge in [-0.15, -0.1) is 0 Å². The predicted octanol–water partition coefficient (Wildman–Crippen LogP) is 3.08. The molecule has 0 heterocycles. The van der Waals surface area contributed by atoms with Crippen LogP contribution in [0.5, 0.6) is 0 Å². The van der Waals surface area contributed by atoms with Crippen molar-refractivity contribution in [2.75, 3.05) is 0 Å². The SMILES string of the molecule is CCC1CCC2C(C)C2C1. The van der Waals surface area contributed by atoms with E-state index in [0.29, 0.717) is 0 Å². The average Bonchev–Trinajstić information content (AvgIpc) is 2.62. The summed E-state index contributed by atoms with van der Waals surface area (Å²) in [4.78, 5) is 0. The molecule has 0 aromatic heterocycles. The van der Waals surface area contributed by atoms with Crippen LogP contribution >= 0.6 is 0 Å². The van der Waals surface area contributed by atoms with Gasteiger partial charge >= 0.3 is 0 Å². The summed E-state index contributed by atoms with van der Waals surface area (Å²) in [6.45, 7) is 4.78. The molecule has 0 bridgehead atoms. The fourth-order valence-electron chi connectivity index (χ4n) is 2.80. The fraction of sp³-hybridized carbons (Fsp3) is 1.00. The molecule has 2 aliphatic rings. The number of hydrogen-bond acceptors (Lipinski definition) is 0. The smallest absolute Gasteiger partial charge is 0.0352 e. The monoisotopic (exact) mass is 138 g/mol. The molecule has 2 fully saturated rings. The van der Waals surface area contributed by atoms with Crippen LogP contribution in [0.15, 0.2) is 0 Å². The Bertz CT molecular complexity index is 128. The van der Waals surface area contributed by atoms with E-state index in [1.165, 1.54) is 12.8 Å². The summed E-state index contributed by atoms with van der Waals surface area (Å²) in [5.41, 5.74) is 0. The topological polar surface area (TPSA) is 0 Å². The molecule has 0 nitrogen and oxygen atoms in total. The van der Waals surface area contributed by atoms with Gasteiger partial charge in [-0.05, 0) is 36.5 Å². The van der Waals surface area contributed by atoms with Crippen molar-refractivity contribution in [2.24, 2.45) is 23.7 Å². The Morgan fingerprint density at radius 3 is 2.60 bits per heavy atom. The molecule has 0 N–H and O–H groups in total. The average molecular weight is 138 g/mol. The molecular formula is C10H18. The Balaban J connectivity index is 1.89. The summed E-state index contributed by atoms with van der Waals surface area (Å²) in [6, 6.07) is 0. The highest BCUT2D eigenvalue weighted by molar-refractivity contribution is 4.98. The van der Waals surface area contributed by atoms with E-state index in [4.69, 9.17) is 0 Å². The maximum absolute atomic E-state index is 2.44.